The van der Waals surface area contributed by atoms with Gasteiger partial charge in [0.2, 0.25) is 0 Å². The van der Waals surface area contributed by atoms with Crippen LogP contribution in [-0.2, 0) is 4.74 Å². The van der Waals surface area contributed by atoms with Crippen LogP contribution in [0.25, 0.3) is 0 Å². The van der Waals surface area contributed by atoms with Gasteiger partial charge in [0.15, 0.2) is 6.29 Å². The van der Waals surface area contributed by atoms with Crippen molar-refractivity contribution in [1.82, 2.24) is 0 Å². The first-order chi connectivity index (χ1) is 5.78. The van der Waals surface area contributed by atoms with E-state index < -0.39 is 6.29 Å². The summed E-state index contributed by atoms with van der Waals surface area (Å²) in [5.74, 6) is 0.340. The van der Waals surface area contributed by atoms with Crippen LogP contribution >= 0.6 is 0 Å². The Kier molecular flexibility index (Phi) is 1.97. The summed E-state index contributed by atoms with van der Waals surface area (Å²) in [6.45, 7) is 2.87. The topological polar surface area (TPSA) is 29.5 Å². The first kappa shape index (κ1) is 8.27. The zero-order valence-electron chi connectivity index (χ0n) is 7.49. The highest BCUT2D eigenvalue weighted by molar-refractivity contribution is 5.10. The molecule has 1 saturated heterocycles. The lowest BCUT2D eigenvalue weighted by molar-refractivity contribution is -0.0838. The minimum absolute atomic E-state index is 0.150. The molecular weight excluding hydrogens is 152 g/mol. The molecule has 0 bridgehead atoms. The van der Waals surface area contributed by atoms with Crippen molar-refractivity contribution in [3.8, 4) is 0 Å². The van der Waals surface area contributed by atoms with Crippen molar-refractivity contribution in [2.24, 2.45) is 11.3 Å². The molecule has 3 atom stereocenters. The number of hydrogen-bond donors (Lipinski definition) is 1. The zero-order valence-corrected chi connectivity index (χ0v) is 7.49. The van der Waals surface area contributed by atoms with E-state index in [9.17, 15) is 5.11 Å². The average Bonchev–Trinajstić information content (AvgIpc) is 2.46. The van der Waals surface area contributed by atoms with Crippen LogP contribution < -0.4 is 0 Å². The molecule has 1 unspecified atom stereocenters. The van der Waals surface area contributed by atoms with Gasteiger partial charge in [-0.3, -0.25) is 0 Å². The third-order valence-electron chi connectivity index (χ3n) is 3.36. The monoisotopic (exact) mass is 168 g/mol. The Morgan fingerprint density at radius 1 is 1.67 bits per heavy atom. The molecule has 0 aromatic heterocycles. The molecule has 2 aliphatic rings. The van der Waals surface area contributed by atoms with Gasteiger partial charge in [-0.1, -0.05) is 19.1 Å². The second-order valence-electron chi connectivity index (χ2n) is 3.87. The van der Waals surface area contributed by atoms with E-state index in [2.05, 4.69) is 19.1 Å². The maximum absolute atomic E-state index is 9.56. The Hall–Kier alpha value is -0.340. The molecule has 0 aromatic rings. The second-order valence-corrected chi connectivity index (χ2v) is 3.87. The predicted molar refractivity (Wildman–Crippen MR) is 46.5 cm³/mol. The van der Waals surface area contributed by atoms with E-state index in [1.54, 1.807) is 0 Å². The summed E-state index contributed by atoms with van der Waals surface area (Å²) >= 11 is 0. The van der Waals surface area contributed by atoms with Crippen molar-refractivity contribution in [2.75, 3.05) is 6.61 Å². The maximum atomic E-state index is 9.56. The SMILES string of the molecule is CC[C@]12C=CCC[C@H]1C(O)OC2. The first-order valence-electron chi connectivity index (χ1n) is 4.76. The Morgan fingerprint density at radius 2 is 2.50 bits per heavy atom. The molecule has 1 aliphatic carbocycles. The molecule has 12 heavy (non-hydrogen) atoms. The lowest BCUT2D eigenvalue weighted by Crippen LogP contribution is -2.31. The number of aliphatic hydroxyl groups excluding tert-OH is 1. The van der Waals surface area contributed by atoms with Crippen LogP contribution in [0.5, 0.6) is 0 Å². The molecule has 1 aliphatic heterocycles. The number of allylic oxidation sites excluding steroid dienone is 1. The Balaban J connectivity index is 2.26. The number of fused-ring (bicyclic) bond motifs is 1. The fraction of sp³-hybridized carbons (Fsp3) is 0.800. The predicted octanol–water partition coefficient (Wildman–Crippen LogP) is 1.70. The molecule has 68 valence electrons. The number of rotatable bonds is 1. The summed E-state index contributed by atoms with van der Waals surface area (Å²) in [7, 11) is 0. The summed E-state index contributed by atoms with van der Waals surface area (Å²) in [4.78, 5) is 0. The van der Waals surface area contributed by atoms with Crippen LogP contribution in [-0.4, -0.2) is 18.0 Å². The first-order valence-corrected chi connectivity index (χ1v) is 4.76. The van der Waals surface area contributed by atoms with Gasteiger partial charge in [-0.05, 0) is 19.3 Å². The van der Waals surface area contributed by atoms with E-state index in [1.807, 2.05) is 0 Å². The lowest BCUT2D eigenvalue weighted by atomic mass is 9.70. The summed E-state index contributed by atoms with van der Waals surface area (Å²) in [6, 6.07) is 0. The Bertz CT molecular complexity index is 200. The average molecular weight is 168 g/mol. The number of hydrogen-bond acceptors (Lipinski definition) is 2. The summed E-state index contributed by atoms with van der Waals surface area (Å²) in [5, 5.41) is 9.56. The number of ether oxygens (including phenoxy) is 1. The molecule has 2 heteroatoms. The van der Waals surface area contributed by atoms with E-state index >= 15 is 0 Å². The molecule has 0 amide bonds. The van der Waals surface area contributed by atoms with E-state index in [0.717, 1.165) is 19.3 Å². The van der Waals surface area contributed by atoms with Crippen molar-refractivity contribution in [3.05, 3.63) is 12.2 Å². The van der Waals surface area contributed by atoms with Crippen LogP contribution in [0.15, 0.2) is 12.2 Å². The van der Waals surface area contributed by atoms with Crippen molar-refractivity contribution in [3.63, 3.8) is 0 Å². The van der Waals surface area contributed by atoms with Crippen molar-refractivity contribution in [2.45, 2.75) is 32.5 Å². The van der Waals surface area contributed by atoms with Gasteiger partial charge >= 0.3 is 0 Å². The summed E-state index contributed by atoms with van der Waals surface area (Å²) in [5.41, 5.74) is 0.150. The molecule has 1 fully saturated rings. The van der Waals surface area contributed by atoms with Crippen LogP contribution in [0.2, 0.25) is 0 Å². The smallest absolute Gasteiger partial charge is 0.158 e. The van der Waals surface area contributed by atoms with E-state index in [4.69, 9.17) is 4.74 Å². The molecular formula is C10H16O2. The highest BCUT2D eigenvalue weighted by Gasteiger charge is 2.46. The third-order valence-corrected chi connectivity index (χ3v) is 3.36. The molecule has 2 rings (SSSR count). The summed E-state index contributed by atoms with van der Waals surface area (Å²) in [6.07, 6.45) is 7.19. The molecule has 0 saturated carbocycles. The van der Waals surface area contributed by atoms with Gasteiger partial charge in [0, 0.05) is 11.3 Å². The molecule has 0 spiro atoms. The number of aliphatic hydroxyl groups is 1. The molecule has 1 heterocycles. The van der Waals surface area contributed by atoms with Crippen LogP contribution in [0.1, 0.15) is 26.2 Å². The maximum Gasteiger partial charge on any atom is 0.158 e. The van der Waals surface area contributed by atoms with Gasteiger partial charge < -0.3 is 9.84 Å². The normalized spacial score (nSPS) is 46.2. The Labute approximate surface area is 73.2 Å². The minimum Gasteiger partial charge on any atom is -0.368 e. The quantitative estimate of drug-likeness (QED) is 0.604. The largest absolute Gasteiger partial charge is 0.368 e. The van der Waals surface area contributed by atoms with Crippen molar-refractivity contribution < 1.29 is 9.84 Å². The summed E-state index contributed by atoms with van der Waals surface area (Å²) < 4.78 is 5.30. The van der Waals surface area contributed by atoms with E-state index in [1.165, 1.54) is 0 Å². The van der Waals surface area contributed by atoms with E-state index in [0.29, 0.717) is 12.5 Å². The van der Waals surface area contributed by atoms with Gasteiger partial charge in [0.1, 0.15) is 0 Å². The third kappa shape index (κ3) is 1.02. The van der Waals surface area contributed by atoms with Crippen molar-refractivity contribution >= 4 is 0 Å². The second kappa shape index (κ2) is 2.86. The fourth-order valence-corrected chi connectivity index (χ4v) is 2.43. The molecule has 1 N–H and O–H groups in total. The van der Waals surface area contributed by atoms with Crippen molar-refractivity contribution in [1.29, 1.82) is 0 Å². The van der Waals surface area contributed by atoms with Crippen LogP contribution in [0, 0.1) is 11.3 Å². The van der Waals surface area contributed by atoms with Gasteiger partial charge in [-0.25, -0.2) is 0 Å². The highest BCUT2D eigenvalue weighted by Crippen LogP contribution is 2.46. The minimum atomic E-state index is -0.519. The highest BCUT2D eigenvalue weighted by atomic mass is 16.6. The van der Waals surface area contributed by atoms with Gasteiger partial charge in [-0.15, -0.1) is 0 Å². The molecule has 0 aromatic carbocycles. The van der Waals surface area contributed by atoms with Crippen LogP contribution in [0.4, 0.5) is 0 Å². The van der Waals surface area contributed by atoms with Gasteiger partial charge in [-0.2, -0.15) is 0 Å². The molecule has 0 radical (unpaired) electrons. The van der Waals surface area contributed by atoms with Crippen LogP contribution in [0.3, 0.4) is 0 Å². The lowest BCUT2D eigenvalue weighted by Gasteiger charge is -2.33. The van der Waals surface area contributed by atoms with Gasteiger partial charge in [0.25, 0.3) is 0 Å². The standard InChI is InChI=1S/C10H16O2/c1-2-10-6-4-3-5-8(10)9(11)12-7-10/h4,6,8-9,11H,2-3,5,7H2,1H3/t8-,9?,10+/m0/s1. The van der Waals surface area contributed by atoms with Gasteiger partial charge in [0.05, 0.1) is 6.61 Å². The molecule has 2 nitrogen and oxygen atoms in total. The fourth-order valence-electron chi connectivity index (χ4n) is 2.43. The Morgan fingerprint density at radius 3 is 3.17 bits per heavy atom. The van der Waals surface area contributed by atoms with E-state index in [-0.39, 0.29) is 5.41 Å². The zero-order chi connectivity index (χ0) is 8.60.